The van der Waals surface area contributed by atoms with Gasteiger partial charge in [-0.3, -0.25) is 0 Å². The SMILES string of the molecule is CCCC1CCC(C(=O)[O-])C(C(=O)[O-])C1.[Li+].[Li+]. The van der Waals surface area contributed by atoms with Gasteiger partial charge in [-0.1, -0.05) is 19.8 Å². The Bertz CT molecular complexity index is 258. The Morgan fingerprint density at radius 1 is 1.06 bits per heavy atom. The molecule has 0 aromatic carbocycles. The van der Waals surface area contributed by atoms with Crippen LogP contribution in [0.5, 0.6) is 0 Å². The average molecular weight is 226 g/mol. The van der Waals surface area contributed by atoms with Crippen molar-refractivity contribution in [3.63, 3.8) is 0 Å². The average Bonchev–Trinajstić information content (AvgIpc) is 2.17. The van der Waals surface area contributed by atoms with E-state index in [-0.39, 0.29) is 37.7 Å². The van der Waals surface area contributed by atoms with E-state index in [4.69, 9.17) is 0 Å². The molecule has 0 aliphatic heterocycles. The van der Waals surface area contributed by atoms with Crippen LogP contribution in [-0.2, 0) is 9.59 Å². The second-order valence-corrected chi connectivity index (χ2v) is 4.32. The van der Waals surface area contributed by atoms with Crippen LogP contribution in [0.25, 0.3) is 0 Å². The van der Waals surface area contributed by atoms with Crippen molar-refractivity contribution in [1.82, 2.24) is 0 Å². The van der Waals surface area contributed by atoms with E-state index < -0.39 is 23.8 Å². The first kappa shape index (κ1) is 19.5. The third-order valence-electron chi connectivity index (χ3n) is 3.26. The van der Waals surface area contributed by atoms with E-state index in [1.54, 1.807) is 0 Å². The predicted molar refractivity (Wildman–Crippen MR) is 49.2 cm³/mol. The second-order valence-electron chi connectivity index (χ2n) is 4.32. The van der Waals surface area contributed by atoms with Gasteiger partial charge in [0.05, 0.1) is 0 Å². The molecule has 0 amide bonds. The van der Waals surface area contributed by atoms with E-state index in [2.05, 4.69) is 0 Å². The van der Waals surface area contributed by atoms with Crippen molar-refractivity contribution in [2.24, 2.45) is 17.8 Å². The molecule has 0 N–H and O–H groups in total. The van der Waals surface area contributed by atoms with Crippen LogP contribution in [0, 0.1) is 17.8 Å². The van der Waals surface area contributed by atoms with Crippen molar-refractivity contribution in [3.8, 4) is 0 Å². The van der Waals surface area contributed by atoms with Gasteiger partial charge in [-0.25, -0.2) is 0 Å². The third-order valence-corrected chi connectivity index (χ3v) is 3.26. The number of carboxylic acids is 2. The molecule has 0 saturated heterocycles. The Morgan fingerprint density at radius 2 is 1.59 bits per heavy atom. The summed E-state index contributed by atoms with van der Waals surface area (Å²) < 4.78 is 0. The summed E-state index contributed by atoms with van der Waals surface area (Å²) in [5, 5.41) is 21.5. The van der Waals surface area contributed by atoms with Gasteiger partial charge in [0.2, 0.25) is 0 Å². The van der Waals surface area contributed by atoms with Gasteiger partial charge >= 0.3 is 37.7 Å². The van der Waals surface area contributed by atoms with Gasteiger partial charge in [0.15, 0.2) is 0 Å². The number of aliphatic carboxylic acids is 2. The standard InChI is InChI=1S/C11H18O4.2Li/c1-2-3-7-4-5-8(10(12)13)9(6-7)11(14)15;;/h7-9H,2-6H2,1H3,(H,12,13)(H,14,15);;/q;2*+1/p-2. The summed E-state index contributed by atoms with van der Waals surface area (Å²) in [5.74, 6) is -3.89. The molecule has 0 aromatic heterocycles. The maximum absolute atomic E-state index is 10.8. The second kappa shape index (κ2) is 9.12. The Morgan fingerprint density at radius 3 is 2.00 bits per heavy atom. The zero-order valence-electron chi connectivity index (χ0n) is 10.9. The van der Waals surface area contributed by atoms with E-state index in [1.165, 1.54) is 0 Å². The zero-order valence-corrected chi connectivity index (χ0v) is 10.9. The molecule has 3 unspecified atom stereocenters. The van der Waals surface area contributed by atoms with Gasteiger partial charge in [-0.2, -0.15) is 0 Å². The number of carboxylic acid groups (broad SMARTS) is 2. The maximum atomic E-state index is 10.8. The molecule has 86 valence electrons. The number of rotatable bonds is 4. The predicted octanol–water partition coefficient (Wildman–Crippen LogP) is -6.67. The number of carbonyl (C=O) groups is 2. The Labute approximate surface area is 126 Å². The zero-order chi connectivity index (χ0) is 11.4. The van der Waals surface area contributed by atoms with Gasteiger partial charge in [-0.05, 0) is 25.2 Å². The van der Waals surface area contributed by atoms with E-state index in [1.807, 2.05) is 6.92 Å². The normalized spacial score (nSPS) is 27.5. The molecule has 1 fully saturated rings. The summed E-state index contributed by atoms with van der Waals surface area (Å²) >= 11 is 0. The van der Waals surface area contributed by atoms with E-state index in [9.17, 15) is 19.8 Å². The Hall–Kier alpha value is 0.135. The molecule has 6 heteroatoms. The van der Waals surface area contributed by atoms with Crippen molar-refractivity contribution in [2.75, 3.05) is 0 Å². The fourth-order valence-electron chi connectivity index (χ4n) is 2.47. The molecule has 1 aliphatic rings. The summed E-state index contributed by atoms with van der Waals surface area (Å²) in [5.41, 5.74) is 0. The molecule has 4 nitrogen and oxygen atoms in total. The minimum atomic E-state index is -1.25. The van der Waals surface area contributed by atoms with Crippen molar-refractivity contribution in [2.45, 2.75) is 39.0 Å². The van der Waals surface area contributed by atoms with Crippen LogP contribution in [0.15, 0.2) is 0 Å². The van der Waals surface area contributed by atoms with E-state index in [0.29, 0.717) is 18.8 Å². The summed E-state index contributed by atoms with van der Waals surface area (Å²) in [6.45, 7) is 2.04. The topological polar surface area (TPSA) is 80.3 Å². The number of hydrogen-bond acceptors (Lipinski definition) is 4. The molecule has 1 saturated carbocycles. The first-order chi connectivity index (χ1) is 7.06. The monoisotopic (exact) mass is 226 g/mol. The molecule has 0 aromatic rings. The molecule has 17 heavy (non-hydrogen) atoms. The maximum Gasteiger partial charge on any atom is 1.00 e. The van der Waals surface area contributed by atoms with E-state index >= 15 is 0 Å². The molecule has 3 atom stereocenters. The minimum absolute atomic E-state index is 0. The quantitative estimate of drug-likeness (QED) is 0.446. The van der Waals surface area contributed by atoms with Gasteiger partial charge in [-0.15, -0.1) is 0 Å². The Kier molecular flexibility index (Phi) is 10.4. The summed E-state index contributed by atoms with van der Waals surface area (Å²) in [6.07, 6.45) is 3.58. The van der Waals surface area contributed by atoms with Gasteiger partial charge in [0, 0.05) is 23.8 Å². The largest absolute Gasteiger partial charge is 1.00 e. The minimum Gasteiger partial charge on any atom is -0.550 e. The molecule has 0 heterocycles. The molecule has 0 bridgehead atoms. The fraction of sp³-hybridized carbons (Fsp3) is 0.818. The summed E-state index contributed by atoms with van der Waals surface area (Å²) in [6, 6.07) is 0. The number of carbonyl (C=O) groups excluding carboxylic acids is 2. The molecule has 0 spiro atoms. The first-order valence-corrected chi connectivity index (χ1v) is 5.48. The van der Waals surface area contributed by atoms with E-state index in [0.717, 1.165) is 19.3 Å². The van der Waals surface area contributed by atoms with Crippen LogP contribution < -0.4 is 47.9 Å². The van der Waals surface area contributed by atoms with Crippen molar-refractivity contribution in [1.29, 1.82) is 0 Å². The molecule has 1 aliphatic carbocycles. The van der Waals surface area contributed by atoms with Crippen LogP contribution >= 0.6 is 0 Å². The van der Waals surface area contributed by atoms with Crippen LogP contribution in [0.3, 0.4) is 0 Å². The number of hydrogen-bond donors (Lipinski definition) is 0. The van der Waals surface area contributed by atoms with Crippen LogP contribution in [-0.4, -0.2) is 11.9 Å². The molecule has 1 rings (SSSR count). The third kappa shape index (κ3) is 5.53. The fourth-order valence-corrected chi connectivity index (χ4v) is 2.47. The summed E-state index contributed by atoms with van der Waals surface area (Å²) in [7, 11) is 0. The smallest absolute Gasteiger partial charge is 0.550 e. The van der Waals surface area contributed by atoms with Crippen molar-refractivity contribution >= 4 is 11.9 Å². The van der Waals surface area contributed by atoms with Gasteiger partial charge < -0.3 is 19.8 Å². The molecular formula is C11H16Li2O4. The van der Waals surface area contributed by atoms with Crippen molar-refractivity contribution < 1.29 is 57.5 Å². The first-order valence-electron chi connectivity index (χ1n) is 5.48. The summed E-state index contributed by atoms with van der Waals surface area (Å²) in [4.78, 5) is 21.5. The molecular weight excluding hydrogens is 210 g/mol. The van der Waals surface area contributed by atoms with Gasteiger partial charge in [0.1, 0.15) is 0 Å². The van der Waals surface area contributed by atoms with Crippen molar-refractivity contribution in [3.05, 3.63) is 0 Å². The van der Waals surface area contributed by atoms with Crippen LogP contribution in [0.4, 0.5) is 0 Å². The van der Waals surface area contributed by atoms with Crippen LogP contribution in [0.2, 0.25) is 0 Å². The molecule has 0 radical (unpaired) electrons. The van der Waals surface area contributed by atoms with Gasteiger partial charge in [0.25, 0.3) is 0 Å². The van der Waals surface area contributed by atoms with Crippen LogP contribution in [0.1, 0.15) is 39.0 Å². The Balaban J connectivity index is 0.